The molecular weight excluding hydrogens is 228 g/mol. The zero-order chi connectivity index (χ0) is 12.0. The summed E-state index contributed by atoms with van der Waals surface area (Å²) in [6, 6.07) is 1.47. The van der Waals surface area contributed by atoms with Gasteiger partial charge < -0.3 is 5.73 Å². The smallest absolute Gasteiger partial charge is 0.257 e. The largest absolute Gasteiger partial charge is 0.330 e. The first-order valence-electron chi connectivity index (χ1n) is 5.25. The highest BCUT2D eigenvalue weighted by molar-refractivity contribution is 7.89. The molecule has 0 aliphatic rings. The fourth-order valence-electron chi connectivity index (χ4n) is 1.35. The predicted molar refractivity (Wildman–Crippen MR) is 61.3 cm³/mol. The van der Waals surface area contributed by atoms with Crippen molar-refractivity contribution in [2.45, 2.75) is 24.3 Å². The minimum Gasteiger partial charge on any atom is -0.330 e. The first-order chi connectivity index (χ1) is 7.58. The first-order valence-corrected chi connectivity index (χ1v) is 6.74. The van der Waals surface area contributed by atoms with Gasteiger partial charge in [0.15, 0.2) is 5.03 Å². The van der Waals surface area contributed by atoms with Crippen LogP contribution in [0.4, 0.5) is 0 Å². The van der Waals surface area contributed by atoms with Gasteiger partial charge in [-0.3, -0.25) is 4.68 Å². The van der Waals surface area contributed by atoms with E-state index >= 15 is 0 Å². The van der Waals surface area contributed by atoms with E-state index in [9.17, 15) is 8.42 Å². The molecule has 7 heteroatoms. The van der Waals surface area contributed by atoms with Crippen LogP contribution in [0.15, 0.2) is 17.3 Å². The van der Waals surface area contributed by atoms with Crippen LogP contribution in [0.3, 0.4) is 0 Å². The van der Waals surface area contributed by atoms with Gasteiger partial charge in [0.05, 0.1) is 6.20 Å². The molecule has 0 aromatic carbocycles. The molecule has 0 saturated carbocycles. The molecule has 92 valence electrons. The molecule has 0 radical (unpaired) electrons. The normalized spacial score (nSPS) is 11.9. The number of sulfonamides is 1. The summed E-state index contributed by atoms with van der Waals surface area (Å²) in [6.07, 6.45) is 4.12. The van der Waals surface area contributed by atoms with Gasteiger partial charge in [0.1, 0.15) is 0 Å². The summed E-state index contributed by atoms with van der Waals surface area (Å²) in [4.78, 5) is 0. The van der Waals surface area contributed by atoms with Gasteiger partial charge in [-0.25, -0.2) is 13.1 Å². The van der Waals surface area contributed by atoms with Crippen molar-refractivity contribution in [1.29, 1.82) is 0 Å². The van der Waals surface area contributed by atoms with Gasteiger partial charge in [-0.05, 0) is 25.5 Å². The minimum atomic E-state index is -3.42. The summed E-state index contributed by atoms with van der Waals surface area (Å²) < 4.78 is 27.4. The molecule has 0 unspecified atom stereocenters. The molecule has 16 heavy (non-hydrogen) atoms. The molecule has 0 saturated heterocycles. The number of hydrogen-bond donors (Lipinski definition) is 2. The van der Waals surface area contributed by atoms with E-state index in [2.05, 4.69) is 9.82 Å². The third kappa shape index (κ3) is 3.58. The number of nitrogens with zero attached hydrogens (tertiary/aromatic N) is 2. The molecule has 0 fully saturated rings. The Morgan fingerprint density at radius 1 is 1.44 bits per heavy atom. The molecule has 3 N–H and O–H groups in total. The van der Waals surface area contributed by atoms with Crippen LogP contribution in [0.1, 0.15) is 19.3 Å². The van der Waals surface area contributed by atoms with Crippen LogP contribution in [0.25, 0.3) is 0 Å². The third-order valence-corrected chi connectivity index (χ3v) is 3.76. The molecule has 0 atom stereocenters. The molecule has 0 aliphatic heterocycles. The van der Waals surface area contributed by atoms with Gasteiger partial charge in [0.2, 0.25) is 0 Å². The second-order valence-corrected chi connectivity index (χ2v) is 5.25. The highest BCUT2D eigenvalue weighted by Crippen LogP contribution is 2.05. The van der Waals surface area contributed by atoms with Crippen molar-refractivity contribution in [3.05, 3.63) is 12.3 Å². The van der Waals surface area contributed by atoms with Gasteiger partial charge in [0, 0.05) is 13.6 Å². The Balaban J connectivity index is 2.45. The van der Waals surface area contributed by atoms with Crippen LogP contribution in [0.5, 0.6) is 0 Å². The summed E-state index contributed by atoms with van der Waals surface area (Å²) >= 11 is 0. The fourth-order valence-corrected chi connectivity index (χ4v) is 2.55. The van der Waals surface area contributed by atoms with Crippen LogP contribution in [0.2, 0.25) is 0 Å². The predicted octanol–water partition coefficient (Wildman–Crippen LogP) is -0.173. The number of hydrogen-bond acceptors (Lipinski definition) is 4. The SMILES string of the molecule is Cn1nccc1S(=O)(=O)NCCCCCN. The Hall–Kier alpha value is -0.920. The van der Waals surface area contributed by atoms with E-state index in [1.807, 2.05) is 0 Å². The van der Waals surface area contributed by atoms with Crippen molar-refractivity contribution in [2.75, 3.05) is 13.1 Å². The van der Waals surface area contributed by atoms with E-state index in [4.69, 9.17) is 5.73 Å². The molecule has 1 rings (SSSR count). The maximum absolute atomic E-state index is 11.8. The van der Waals surface area contributed by atoms with E-state index in [0.717, 1.165) is 19.3 Å². The van der Waals surface area contributed by atoms with Crippen molar-refractivity contribution in [3.63, 3.8) is 0 Å². The number of rotatable bonds is 7. The van der Waals surface area contributed by atoms with E-state index in [1.54, 1.807) is 7.05 Å². The molecule has 1 aromatic heterocycles. The van der Waals surface area contributed by atoms with E-state index in [-0.39, 0.29) is 5.03 Å². The van der Waals surface area contributed by atoms with E-state index in [0.29, 0.717) is 13.1 Å². The number of unbranched alkanes of at least 4 members (excludes halogenated alkanes) is 2. The van der Waals surface area contributed by atoms with Crippen LogP contribution in [-0.2, 0) is 17.1 Å². The Morgan fingerprint density at radius 3 is 2.75 bits per heavy atom. The van der Waals surface area contributed by atoms with Crippen molar-refractivity contribution < 1.29 is 8.42 Å². The highest BCUT2D eigenvalue weighted by Gasteiger charge is 2.16. The molecular formula is C9H18N4O2S. The average Bonchev–Trinajstić information content (AvgIpc) is 2.65. The lowest BCUT2D eigenvalue weighted by Gasteiger charge is -2.06. The lowest BCUT2D eigenvalue weighted by molar-refractivity contribution is 0.558. The van der Waals surface area contributed by atoms with Gasteiger partial charge >= 0.3 is 0 Å². The van der Waals surface area contributed by atoms with Crippen molar-refractivity contribution in [3.8, 4) is 0 Å². The van der Waals surface area contributed by atoms with Crippen LogP contribution in [-0.4, -0.2) is 31.3 Å². The maximum atomic E-state index is 11.8. The van der Waals surface area contributed by atoms with Crippen LogP contribution < -0.4 is 10.5 Å². The lowest BCUT2D eigenvalue weighted by Crippen LogP contribution is -2.26. The Bertz CT molecular complexity index is 413. The van der Waals surface area contributed by atoms with Crippen molar-refractivity contribution in [1.82, 2.24) is 14.5 Å². The second kappa shape index (κ2) is 5.97. The van der Waals surface area contributed by atoms with Gasteiger partial charge in [-0.15, -0.1) is 0 Å². The number of nitrogens with two attached hydrogens (primary N) is 1. The summed E-state index contributed by atoms with van der Waals surface area (Å²) in [5.41, 5.74) is 5.34. The zero-order valence-electron chi connectivity index (χ0n) is 9.39. The number of aromatic nitrogens is 2. The minimum absolute atomic E-state index is 0.186. The molecule has 1 aromatic rings. The quantitative estimate of drug-likeness (QED) is 0.653. The average molecular weight is 246 g/mol. The molecule has 0 bridgehead atoms. The molecule has 1 heterocycles. The van der Waals surface area contributed by atoms with Crippen LogP contribution >= 0.6 is 0 Å². The Morgan fingerprint density at radius 2 is 2.19 bits per heavy atom. The molecule has 0 aliphatic carbocycles. The van der Waals surface area contributed by atoms with Gasteiger partial charge in [-0.1, -0.05) is 6.42 Å². The van der Waals surface area contributed by atoms with Gasteiger partial charge in [0.25, 0.3) is 10.0 Å². The zero-order valence-corrected chi connectivity index (χ0v) is 10.2. The monoisotopic (exact) mass is 246 g/mol. The first kappa shape index (κ1) is 13.1. The second-order valence-electron chi connectivity index (χ2n) is 3.54. The van der Waals surface area contributed by atoms with E-state index < -0.39 is 10.0 Å². The summed E-state index contributed by atoms with van der Waals surface area (Å²) in [6.45, 7) is 1.09. The highest BCUT2D eigenvalue weighted by atomic mass is 32.2. The van der Waals surface area contributed by atoms with E-state index in [1.165, 1.54) is 16.9 Å². The molecule has 0 spiro atoms. The van der Waals surface area contributed by atoms with Crippen molar-refractivity contribution >= 4 is 10.0 Å². The van der Waals surface area contributed by atoms with Crippen LogP contribution in [0, 0.1) is 0 Å². The maximum Gasteiger partial charge on any atom is 0.257 e. The number of aryl methyl sites for hydroxylation is 1. The summed E-state index contributed by atoms with van der Waals surface area (Å²) in [5.74, 6) is 0. The van der Waals surface area contributed by atoms with Gasteiger partial charge in [-0.2, -0.15) is 5.10 Å². The Kier molecular flexibility index (Phi) is 4.91. The molecule has 6 nitrogen and oxygen atoms in total. The topological polar surface area (TPSA) is 90.0 Å². The fraction of sp³-hybridized carbons (Fsp3) is 0.667. The molecule has 0 amide bonds. The summed E-state index contributed by atoms with van der Waals surface area (Å²) in [5, 5.41) is 4.01. The van der Waals surface area contributed by atoms with Crippen molar-refractivity contribution in [2.24, 2.45) is 12.8 Å². The Labute approximate surface area is 95.9 Å². The summed E-state index contributed by atoms with van der Waals surface area (Å²) in [7, 11) is -1.82. The third-order valence-electron chi connectivity index (χ3n) is 2.22. The standard InChI is InChI=1S/C9H18N4O2S/c1-13-9(5-8-11-13)16(14,15)12-7-4-2-3-6-10/h5,8,12H,2-4,6-7,10H2,1H3. The lowest BCUT2D eigenvalue weighted by atomic mass is 10.2. The number of nitrogens with one attached hydrogen (secondary N) is 1.